The minimum absolute atomic E-state index is 0.0940. The molecule has 2 unspecified atom stereocenters. The molecule has 0 bridgehead atoms. The van der Waals surface area contributed by atoms with Gasteiger partial charge in [-0.3, -0.25) is 0 Å². The van der Waals surface area contributed by atoms with E-state index in [1.54, 1.807) is 12.1 Å². The van der Waals surface area contributed by atoms with Crippen LogP contribution in [0.2, 0.25) is 0 Å². The summed E-state index contributed by atoms with van der Waals surface area (Å²) in [6.45, 7) is 5.60. The molecule has 1 saturated heterocycles. The molecule has 0 amide bonds. The van der Waals surface area contributed by atoms with Gasteiger partial charge in [-0.25, -0.2) is 0 Å². The molecule has 5 heteroatoms. The lowest BCUT2D eigenvalue weighted by atomic mass is 9.88. The highest BCUT2D eigenvalue weighted by molar-refractivity contribution is 6.17. The maximum atomic E-state index is 13.2. The first-order valence-corrected chi connectivity index (χ1v) is 7.37. The number of rotatable bonds is 2. The molecule has 0 saturated carbocycles. The molecular weight excluding hydrogens is 287 g/mol. The van der Waals surface area contributed by atoms with Crippen LogP contribution in [-0.2, 0) is 12.1 Å². The normalized spacial score (nSPS) is 24.0. The van der Waals surface area contributed by atoms with E-state index in [-0.39, 0.29) is 11.6 Å². The Bertz CT molecular complexity index is 473. The predicted molar refractivity (Wildman–Crippen MR) is 76.2 cm³/mol. The number of alkyl halides is 4. The van der Waals surface area contributed by atoms with E-state index in [9.17, 15) is 13.2 Å². The Morgan fingerprint density at radius 3 is 2.50 bits per heavy atom. The Balaban J connectivity index is 2.36. The maximum Gasteiger partial charge on any atom is 0.418 e. The summed E-state index contributed by atoms with van der Waals surface area (Å²) in [6, 6.07) is 4.41. The smallest absolute Gasteiger partial charge is 0.371 e. The molecule has 0 aromatic heterocycles. The molecule has 1 aromatic rings. The number of hydrogen-bond acceptors (Lipinski definition) is 1. The van der Waals surface area contributed by atoms with Crippen molar-refractivity contribution in [2.45, 2.75) is 32.3 Å². The quantitative estimate of drug-likeness (QED) is 0.701. The minimum Gasteiger partial charge on any atom is -0.371 e. The van der Waals surface area contributed by atoms with Crippen molar-refractivity contribution >= 4 is 17.3 Å². The molecule has 0 N–H and O–H groups in total. The zero-order valence-electron chi connectivity index (χ0n) is 11.7. The van der Waals surface area contributed by atoms with E-state index in [0.717, 1.165) is 6.42 Å². The third-order valence-corrected chi connectivity index (χ3v) is 4.50. The topological polar surface area (TPSA) is 3.24 Å². The van der Waals surface area contributed by atoms with E-state index < -0.39 is 11.7 Å². The Morgan fingerprint density at radius 1 is 1.25 bits per heavy atom. The lowest BCUT2D eigenvalue weighted by molar-refractivity contribution is -0.137. The monoisotopic (exact) mass is 305 g/mol. The van der Waals surface area contributed by atoms with Crippen molar-refractivity contribution in [3.8, 4) is 0 Å². The van der Waals surface area contributed by atoms with Gasteiger partial charge in [-0.1, -0.05) is 19.9 Å². The molecule has 1 aliphatic rings. The van der Waals surface area contributed by atoms with Crippen molar-refractivity contribution in [1.82, 2.24) is 0 Å². The third-order valence-electron chi connectivity index (χ3n) is 4.20. The van der Waals surface area contributed by atoms with Gasteiger partial charge >= 0.3 is 6.18 Å². The van der Waals surface area contributed by atoms with Gasteiger partial charge in [0.25, 0.3) is 0 Å². The zero-order valence-corrected chi connectivity index (χ0v) is 12.4. The Labute approximate surface area is 122 Å². The van der Waals surface area contributed by atoms with Gasteiger partial charge in [0.15, 0.2) is 0 Å². The van der Waals surface area contributed by atoms with Gasteiger partial charge in [-0.05, 0) is 36.0 Å². The molecule has 1 nitrogen and oxygen atoms in total. The SMILES string of the molecule is CC1CCN(c2ccc(CCl)cc2C(F)(F)F)CC1C. The molecule has 2 rings (SSSR count). The van der Waals surface area contributed by atoms with Gasteiger partial charge in [0.05, 0.1) is 5.56 Å². The van der Waals surface area contributed by atoms with Crippen LogP contribution in [-0.4, -0.2) is 13.1 Å². The van der Waals surface area contributed by atoms with Gasteiger partial charge in [-0.2, -0.15) is 13.2 Å². The molecule has 0 radical (unpaired) electrons. The molecule has 112 valence electrons. The van der Waals surface area contributed by atoms with Crippen LogP contribution in [0.25, 0.3) is 0 Å². The standard InChI is InChI=1S/C15H19ClF3N/c1-10-5-6-20(9-11(10)2)14-4-3-12(8-16)7-13(14)15(17,18)19/h3-4,7,10-11H,5-6,8-9H2,1-2H3. The van der Waals surface area contributed by atoms with E-state index in [0.29, 0.717) is 30.5 Å². The van der Waals surface area contributed by atoms with Gasteiger partial charge in [-0.15, -0.1) is 11.6 Å². The Morgan fingerprint density at radius 2 is 1.95 bits per heavy atom. The summed E-state index contributed by atoms with van der Waals surface area (Å²) in [5, 5.41) is 0. The fourth-order valence-electron chi connectivity index (χ4n) is 2.65. The average Bonchev–Trinajstić information content (AvgIpc) is 2.40. The summed E-state index contributed by atoms with van der Waals surface area (Å²) in [4.78, 5) is 1.85. The van der Waals surface area contributed by atoms with Crippen molar-refractivity contribution < 1.29 is 13.2 Å². The molecule has 1 aliphatic heterocycles. The van der Waals surface area contributed by atoms with Crippen LogP contribution in [0.5, 0.6) is 0 Å². The highest BCUT2D eigenvalue weighted by atomic mass is 35.5. The molecule has 20 heavy (non-hydrogen) atoms. The van der Waals surface area contributed by atoms with E-state index >= 15 is 0 Å². The van der Waals surface area contributed by atoms with Crippen LogP contribution in [0.4, 0.5) is 18.9 Å². The van der Waals surface area contributed by atoms with Gasteiger partial charge in [0, 0.05) is 24.7 Å². The summed E-state index contributed by atoms with van der Waals surface area (Å²) < 4.78 is 39.7. The molecule has 1 heterocycles. The number of piperidine rings is 1. The summed E-state index contributed by atoms with van der Waals surface area (Å²) in [6.07, 6.45) is -3.42. The summed E-state index contributed by atoms with van der Waals surface area (Å²) in [5.41, 5.74) is 0.212. The minimum atomic E-state index is -4.34. The highest BCUT2D eigenvalue weighted by Crippen LogP contribution is 2.39. The highest BCUT2D eigenvalue weighted by Gasteiger charge is 2.36. The second-order valence-electron chi connectivity index (χ2n) is 5.67. The first kappa shape index (κ1) is 15.5. The molecule has 2 atom stereocenters. The van der Waals surface area contributed by atoms with Crippen LogP contribution < -0.4 is 4.90 Å². The van der Waals surface area contributed by atoms with Crippen LogP contribution in [0.3, 0.4) is 0 Å². The van der Waals surface area contributed by atoms with Gasteiger partial charge in [0.1, 0.15) is 0 Å². The first-order valence-electron chi connectivity index (χ1n) is 6.84. The van der Waals surface area contributed by atoms with Crippen molar-refractivity contribution in [3.63, 3.8) is 0 Å². The van der Waals surface area contributed by atoms with Crippen LogP contribution in [0.1, 0.15) is 31.4 Å². The lowest BCUT2D eigenvalue weighted by Crippen LogP contribution is -2.39. The fraction of sp³-hybridized carbons (Fsp3) is 0.600. The van der Waals surface area contributed by atoms with Gasteiger partial charge < -0.3 is 4.90 Å². The van der Waals surface area contributed by atoms with Crippen molar-refractivity contribution in [3.05, 3.63) is 29.3 Å². The molecular formula is C15H19ClF3N. The molecule has 0 spiro atoms. The summed E-state index contributed by atoms with van der Waals surface area (Å²) in [7, 11) is 0. The summed E-state index contributed by atoms with van der Waals surface area (Å²) in [5.74, 6) is 1.05. The molecule has 1 fully saturated rings. The second-order valence-corrected chi connectivity index (χ2v) is 5.94. The van der Waals surface area contributed by atoms with E-state index in [1.807, 2.05) is 4.90 Å². The number of anilines is 1. The van der Waals surface area contributed by atoms with Crippen LogP contribution in [0.15, 0.2) is 18.2 Å². The maximum absolute atomic E-state index is 13.2. The number of benzene rings is 1. The molecule has 1 aromatic carbocycles. The average molecular weight is 306 g/mol. The van der Waals surface area contributed by atoms with Crippen molar-refractivity contribution in [1.29, 1.82) is 0 Å². The van der Waals surface area contributed by atoms with Crippen molar-refractivity contribution in [2.75, 3.05) is 18.0 Å². The van der Waals surface area contributed by atoms with Crippen molar-refractivity contribution in [2.24, 2.45) is 11.8 Å². The Kier molecular flexibility index (Phi) is 4.52. The predicted octanol–water partition coefficient (Wildman–Crippen LogP) is 4.93. The zero-order chi connectivity index (χ0) is 14.9. The van der Waals surface area contributed by atoms with Crippen LogP contribution >= 0.6 is 11.6 Å². The fourth-order valence-corrected chi connectivity index (χ4v) is 2.82. The van der Waals surface area contributed by atoms with Gasteiger partial charge in [0.2, 0.25) is 0 Å². The first-order chi connectivity index (χ1) is 9.32. The number of hydrogen-bond donors (Lipinski definition) is 0. The number of nitrogens with zero attached hydrogens (tertiary/aromatic N) is 1. The second kappa shape index (κ2) is 5.84. The van der Waals surface area contributed by atoms with Crippen LogP contribution in [0, 0.1) is 11.8 Å². The van der Waals surface area contributed by atoms with E-state index in [2.05, 4.69) is 13.8 Å². The summed E-state index contributed by atoms with van der Waals surface area (Å²) >= 11 is 5.65. The third kappa shape index (κ3) is 3.22. The van der Waals surface area contributed by atoms with E-state index in [1.165, 1.54) is 6.07 Å². The Hall–Kier alpha value is -0.900. The largest absolute Gasteiger partial charge is 0.418 e. The lowest BCUT2D eigenvalue weighted by Gasteiger charge is -2.38. The van der Waals surface area contributed by atoms with E-state index in [4.69, 9.17) is 11.6 Å². The molecule has 0 aliphatic carbocycles. The number of halogens is 4.